The molecule has 1 aromatic rings. The van der Waals surface area contributed by atoms with Crippen molar-refractivity contribution in [3.8, 4) is 5.75 Å². The Balaban J connectivity index is 2.64. The Hall–Kier alpha value is -1.20. The zero-order chi connectivity index (χ0) is 13.4. The molecule has 0 saturated carbocycles. The van der Waals surface area contributed by atoms with E-state index in [1.807, 2.05) is 31.2 Å². The van der Waals surface area contributed by atoms with Crippen molar-refractivity contribution in [1.82, 2.24) is 5.32 Å². The summed E-state index contributed by atoms with van der Waals surface area (Å²) < 4.78 is 34.2. The third-order valence-electron chi connectivity index (χ3n) is 2.48. The van der Waals surface area contributed by atoms with Gasteiger partial charge in [-0.05, 0) is 24.2 Å². The van der Waals surface area contributed by atoms with E-state index >= 15 is 0 Å². The summed E-state index contributed by atoms with van der Waals surface area (Å²) in [6, 6.07) is 7.39. The third kappa shape index (κ3) is 4.98. The van der Waals surface area contributed by atoms with Crippen LogP contribution in [0.2, 0.25) is 0 Å². The van der Waals surface area contributed by atoms with Crippen LogP contribution in [-0.4, -0.2) is 33.3 Å². The van der Waals surface area contributed by atoms with E-state index in [0.29, 0.717) is 0 Å². The molecule has 0 aliphatic heterocycles. The topological polar surface area (TPSA) is 30.5 Å². The van der Waals surface area contributed by atoms with Crippen molar-refractivity contribution in [3.05, 3.63) is 29.8 Å². The van der Waals surface area contributed by atoms with Gasteiger partial charge in [0.1, 0.15) is 12.4 Å². The summed E-state index contributed by atoms with van der Waals surface area (Å²) in [7, 11) is 1.59. The van der Waals surface area contributed by atoms with Crippen molar-refractivity contribution in [2.75, 3.05) is 26.9 Å². The average Bonchev–Trinajstić information content (AvgIpc) is 2.37. The molecule has 0 heterocycles. The maximum absolute atomic E-state index is 12.0. The summed E-state index contributed by atoms with van der Waals surface area (Å²) in [4.78, 5) is 0. The maximum atomic E-state index is 12.0. The number of hydrogen-bond donors (Lipinski definition) is 1. The largest absolute Gasteiger partial charge is 0.497 e. The quantitative estimate of drug-likeness (QED) is 0.778. The number of rotatable bonds is 8. The first-order valence-corrected chi connectivity index (χ1v) is 5.90. The van der Waals surface area contributed by atoms with Gasteiger partial charge in [-0.15, -0.1) is 0 Å². The summed E-state index contributed by atoms with van der Waals surface area (Å²) >= 11 is 0. The molecule has 3 nitrogen and oxygen atoms in total. The molecule has 0 fully saturated rings. The Morgan fingerprint density at radius 1 is 1.28 bits per heavy atom. The standard InChI is InChI=1S/C13H19F2NO2/c1-3-16-12(8-18-9-13(14)15)10-5-4-6-11(7-10)17-2/h4-7,12-13,16H,3,8-9H2,1-2H3. The Kier molecular flexibility index (Phi) is 6.60. The Morgan fingerprint density at radius 2 is 2.06 bits per heavy atom. The molecule has 5 heteroatoms. The average molecular weight is 259 g/mol. The Bertz CT molecular complexity index is 348. The molecule has 1 rings (SSSR count). The second kappa shape index (κ2) is 8.00. The molecule has 1 unspecified atom stereocenters. The van der Waals surface area contributed by atoms with Crippen LogP contribution in [0.15, 0.2) is 24.3 Å². The summed E-state index contributed by atoms with van der Waals surface area (Å²) in [5, 5.41) is 3.20. The van der Waals surface area contributed by atoms with Crippen LogP contribution in [0.25, 0.3) is 0 Å². The number of nitrogens with one attached hydrogen (secondary N) is 1. The molecule has 0 bridgehead atoms. The highest BCUT2D eigenvalue weighted by Gasteiger charge is 2.12. The predicted octanol–water partition coefficient (Wildman–Crippen LogP) is 2.63. The highest BCUT2D eigenvalue weighted by atomic mass is 19.3. The summed E-state index contributed by atoms with van der Waals surface area (Å²) in [6.07, 6.45) is -2.43. The van der Waals surface area contributed by atoms with Crippen molar-refractivity contribution in [1.29, 1.82) is 0 Å². The van der Waals surface area contributed by atoms with E-state index in [4.69, 9.17) is 9.47 Å². The first-order chi connectivity index (χ1) is 8.67. The molecular formula is C13H19F2NO2. The summed E-state index contributed by atoms with van der Waals surface area (Å²) in [5.74, 6) is 0.740. The SMILES string of the molecule is CCNC(COCC(F)F)c1cccc(OC)c1. The van der Waals surface area contributed by atoms with Crippen molar-refractivity contribution < 1.29 is 18.3 Å². The number of halogens is 2. The Labute approximate surface area is 106 Å². The van der Waals surface area contributed by atoms with E-state index in [1.54, 1.807) is 7.11 Å². The van der Waals surface area contributed by atoms with E-state index < -0.39 is 13.0 Å². The minimum absolute atomic E-state index is 0.108. The third-order valence-corrected chi connectivity index (χ3v) is 2.48. The van der Waals surface area contributed by atoms with E-state index in [2.05, 4.69) is 5.32 Å². The summed E-state index contributed by atoms with van der Waals surface area (Å²) in [6.45, 7) is 2.37. The second-order valence-corrected chi connectivity index (χ2v) is 3.82. The molecule has 1 aromatic carbocycles. The normalized spacial score (nSPS) is 12.7. The lowest BCUT2D eigenvalue weighted by Crippen LogP contribution is -2.26. The first kappa shape index (κ1) is 14.9. The van der Waals surface area contributed by atoms with Crippen LogP contribution in [0, 0.1) is 0 Å². The highest BCUT2D eigenvalue weighted by molar-refractivity contribution is 5.30. The molecule has 0 aliphatic rings. The fourth-order valence-electron chi connectivity index (χ4n) is 1.65. The fourth-order valence-corrected chi connectivity index (χ4v) is 1.65. The second-order valence-electron chi connectivity index (χ2n) is 3.82. The van der Waals surface area contributed by atoms with E-state index in [-0.39, 0.29) is 12.6 Å². The number of hydrogen-bond acceptors (Lipinski definition) is 3. The lowest BCUT2D eigenvalue weighted by Gasteiger charge is -2.19. The molecule has 0 aromatic heterocycles. The smallest absolute Gasteiger partial charge is 0.261 e. The first-order valence-electron chi connectivity index (χ1n) is 5.90. The number of alkyl halides is 2. The van der Waals surface area contributed by atoms with Gasteiger partial charge >= 0.3 is 0 Å². The Morgan fingerprint density at radius 3 is 2.67 bits per heavy atom. The van der Waals surface area contributed by atoms with Gasteiger partial charge < -0.3 is 14.8 Å². The van der Waals surface area contributed by atoms with Crippen LogP contribution in [0.4, 0.5) is 8.78 Å². The van der Waals surface area contributed by atoms with E-state index in [9.17, 15) is 8.78 Å². The molecule has 0 amide bonds. The van der Waals surface area contributed by atoms with Gasteiger partial charge in [-0.25, -0.2) is 8.78 Å². The molecule has 1 N–H and O–H groups in total. The van der Waals surface area contributed by atoms with Gasteiger partial charge in [0.15, 0.2) is 0 Å². The van der Waals surface area contributed by atoms with Gasteiger partial charge in [0.25, 0.3) is 6.43 Å². The van der Waals surface area contributed by atoms with Gasteiger partial charge in [-0.2, -0.15) is 0 Å². The van der Waals surface area contributed by atoms with Crippen LogP contribution >= 0.6 is 0 Å². The molecular weight excluding hydrogens is 240 g/mol. The van der Waals surface area contributed by atoms with E-state index in [1.165, 1.54) is 0 Å². The van der Waals surface area contributed by atoms with Crippen molar-refractivity contribution in [3.63, 3.8) is 0 Å². The lowest BCUT2D eigenvalue weighted by molar-refractivity contribution is 0.00933. The number of ether oxygens (including phenoxy) is 2. The molecule has 102 valence electrons. The van der Waals surface area contributed by atoms with Crippen LogP contribution in [0.3, 0.4) is 0 Å². The van der Waals surface area contributed by atoms with Crippen molar-refractivity contribution >= 4 is 0 Å². The molecule has 0 saturated heterocycles. The minimum Gasteiger partial charge on any atom is -0.497 e. The molecule has 1 atom stereocenters. The van der Waals surface area contributed by atoms with Crippen LogP contribution in [-0.2, 0) is 4.74 Å². The molecule has 18 heavy (non-hydrogen) atoms. The number of methoxy groups -OCH3 is 1. The van der Waals surface area contributed by atoms with Crippen molar-refractivity contribution in [2.24, 2.45) is 0 Å². The highest BCUT2D eigenvalue weighted by Crippen LogP contribution is 2.19. The van der Waals surface area contributed by atoms with E-state index in [0.717, 1.165) is 17.9 Å². The van der Waals surface area contributed by atoms with Crippen LogP contribution in [0.5, 0.6) is 5.75 Å². The van der Waals surface area contributed by atoms with Gasteiger partial charge in [-0.1, -0.05) is 19.1 Å². The maximum Gasteiger partial charge on any atom is 0.261 e. The lowest BCUT2D eigenvalue weighted by atomic mass is 10.1. The minimum atomic E-state index is -2.43. The van der Waals surface area contributed by atoms with Crippen LogP contribution < -0.4 is 10.1 Å². The van der Waals surface area contributed by atoms with Crippen LogP contribution in [0.1, 0.15) is 18.5 Å². The molecule has 0 aliphatic carbocycles. The monoisotopic (exact) mass is 259 g/mol. The molecule has 0 spiro atoms. The van der Waals surface area contributed by atoms with Gasteiger partial charge in [0.2, 0.25) is 0 Å². The number of likely N-dealkylation sites (N-methyl/N-ethyl adjacent to an activating group) is 1. The fraction of sp³-hybridized carbons (Fsp3) is 0.538. The van der Waals surface area contributed by atoms with Gasteiger partial charge in [0, 0.05) is 0 Å². The molecule has 0 radical (unpaired) electrons. The summed E-state index contributed by atoms with van der Waals surface area (Å²) in [5.41, 5.74) is 0.963. The van der Waals surface area contributed by atoms with Gasteiger partial charge in [-0.3, -0.25) is 0 Å². The zero-order valence-electron chi connectivity index (χ0n) is 10.7. The van der Waals surface area contributed by atoms with Gasteiger partial charge in [0.05, 0.1) is 19.8 Å². The zero-order valence-corrected chi connectivity index (χ0v) is 10.7. The number of benzene rings is 1. The predicted molar refractivity (Wildman–Crippen MR) is 66.2 cm³/mol. The van der Waals surface area contributed by atoms with Crippen molar-refractivity contribution in [2.45, 2.75) is 19.4 Å².